The van der Waals surface area contributed by atoms with Gasteiger partial charge >= 0.3 is 0 Å². The smallest absolute Gasteiger partial charge is 0.191 e. The van der Waals surface area contributed by atoms with Crippen LogP contribution in [0.25, 0.3) is 0 Å². The first kappa shape index (κ1) is 18.1. The predicted octanol–water partition coefficient (Wildman–Crippen LogP) is 3.52. The first-order valence-electron chi connectivity index (χ1n) is 9.91. The Balaban J connectivity index is 1.31. The van der Waals surface area contributed by atoms with Crippen LogP contribution in [0.5, 0.6) is 0 Å². The second kappa shape index (κ2) is 7.73. The second-order valence-electron chi connectivity index (χ2n) is 7.74. The van der Waals surface area contributed by atoms with Crippen LogP contribution in [-0.4, -0.2) is 48.6 Å². The van der Waals surface area contributed by atoms with Crippen molar-refractivity contribution in [2.24, 2.45) is 4.99 Å². The molecule has 3 aliphatic rings. The second-order valence-corrected chi connectivity index (χ2v) is 8.14. The van der Waals surface area contributed by atoms with Crippen molar-refractivity contribution in [1.82, 2.24) is 15.5 Å². The summed E-state index contributed by atoms with van der Waals surface area (Å²) in [5.41, 5.74) is 0.639. The summed E-state index contributed by atoms with van der Waals surface area (Å²) >= 11 is 6.21. The topological polar surface area (TPSA) is 39.7 Å². The summed E-state index contributed by atoms with van der Waals surface area (Å²) in [5, 5.41) is 7.61. The Labute approximate surface area is 160 Å². The van der Waals surface area contributed by atoms with Crippen LogP contribution in [0.2, 0.25) is 5.02 Å². The molecule has 3 fully saturated rings. The normalized spacial score (nSPS) is 27.4. The molecule has 2 saturated carbocycles. The lowest BCUT2D eigenvalue weighted by Crippen LogP contribution is -2.49. The van der Waals surface area contributed by atoms with E-state index in [1.54, 1.807) is 12.1 Å². The Hall–Kier alpha value is -1.33. The van der Waals surface area contributed by atoms with Gasteiger partial charge in [-0.25, -0.2) is 4.39 Å². The van der Waals surface area contributed by atoms with Crippen molar-refractivity contribution >= 4 is 17.6 Å². The van der Waals surface area contributed by atoms with Gasteiger partial charge in [-0.15, -0.1) is 0 Å². The number of benzene rings is 1. The van der Waals surface area contributed by atoms with E-state index in [-0.39, 0.29) is 17.8 Å². The number of hydrogen-bond acceptors (Lipinski definition) is 2. The molecule has 1 heterocycles. The van der Waals surface area contributed by atoms with Gasteiger partial charge in [0, 0.05) is 54.3 Å². The van der Waals surface area contributed by atoms with Crippen molar-refractivity contribution < 1.29 is 4.39 Å². The number of hydrogen-bond donors (Lipinski definition) is 2. The summed E-state index contributed by atoms with van der Waals surface area (Å²) in [6.07, 6.45) is 5.97. The highest BCUT2D eigenvalue weighted by molar-refractivity contribution is 6.31. The van der Waals surface area contributed by atoms with Crippen LogP contribution in [0.3, 0.4) is 0 Å². The van der Waals surface area contributed by atoms with Crippen molar-refractivity contribution in [3.63, 3.8) is 0 Å². The van der Waals surface area contributed by atoms with Crippen LogP contribution in [0.15, 0.2) is 23.2 Å². The number of likely N-dealkylation sites (tertiary alicyclic amines) is 1. The number of nitrogens with zero attached hydrogens (tertiary/aromatic N) is 2. The Morgan fingerprint density at radius 2 is 2.00 bits per heavy atom. The molecule has 2 N–H and O–H groups in total. The molecule has 0 radical (unpaired) electrons. The van der Waals surface area contributed by atoms with Gasteiger partial charge in [0.15, 0.2) is 5.96 Å². The van der Waals surface area contributed by atoms with Gasteiger partial charge in [-0.2, -0.15) is 0 Å². The molecule has 2 aliphatic carbocycles. The molecule has 2 unspecified atom stereocenters. The van der Waals surface area contributed by atoms with Crippen molar-refractivity contribution in [3.8, 4) is 0 Å². The van der Waals surface area contributed by atoms with Gasteiger partial charge in [-0.05, 0) is 51.2 Å². The molecular formula is C20H28ClFN4. The van der Waals surface area contributed by atoms with Crippen LogP contribution in [0.1, 0.15) is 50.5 Å². The Morgan fingerprint density at radius 3 is 2.65 bits per heavy atom. The highest BCUT2D eigenvalue weighted by Gasteiger charge is 2.42. The molecule has 0 amide bonds. The van der Waals surface area contributed by atoms with E-state index in [2.05, 4.69) is 20.5 Å². The standard InChI is InChI=1S/C20H28ClFN4/c1-2-23-20(24-13-8-10-26(11-9-13)14-6-7-14)25-18-12-15(18)19-16(21)4-3-5-17(19)22/h3-5,13-15,18H,2,6-12H2,1H3,(H2,23,24,25). The molecule has 1 aliphatic heterocycles. The van der Waals surface area contributed by atoms with Gasteiger partial charge in [-0.1, -0.05) is 17.7 Å². The lowest BCUT2D eigenvalue weighted by Gasteiger charge is -2.33. The third-order valence-corrected chi connectivity index (χ3v) is 6.06. The molecule has 1 aromatic carbocycles. The van der Waals surface area contributed by atoms with Gasteiger partial charge in [0.05, 0.1) is 0 Å². The average molecular weight is 379 g/mol. The van der Waals surface area contributed by atoms with Crippen molar-refractivity contribution in [3.05, 3.63) is 34.6 Å². The monoisotopic (exact) mass is 378 g/mol. The molecule has 4 nitrogen and oxygen atoms in total. The fourth-order valence-corrected chi connectivity index (χ4v) is 4.35. The van der Waals surface area contributed by atoms with Gasteiger partial charge < -0.3 is 15.5 Å². The Bertz CT molecular complexity index is 648. The number of aliphatic imine (C=N–C) groups is 1. The molecular weight excluding hydrogens is 351 g/mol. The molecule has 1 aromatic rings. The lowest BCUT2D eigenvalue weighted by atomic mass is 10.1. The average Bonchev–Trinajstić information content (AvgIpc) is 3.52. The van der Waals surface area contributed by atoms with E-state index in [4.69, 9.17) is 11.6 Å². The summed E-state index contributed by atoms with van der Waals surface area (Å²) < 4.78 is 14.1. The third kappa shape index (κ3) is 4.15. The molecule has 0 aromatic heterocycles. The largest absolute Gasteiger partial charge is 0.354 e. The summed E-state index contributed by atoms with van der Waals surface area (Å²) in [6, 6.07) is 6.44. The van der Waals surface area contributed by atoms with E-state index in [0.717, 1.165) is 37.8 Å². The zero-order valence-corrected chi connectivity index (χ0v) is 16.1. The Kier molecular flexibility index (Phi) is 5.37. The van der Waals surface area contributed by atoms with Crippen LogP contribution < -0.4 is 10.6 Å². The number of guanidine groups is 1. The zero-order valence-electron chi connectivity index (χ0n) is 15.3. The maximum atomic E-state index is 14.1. The lowest BCUT2D eigenvalue weighted by molar-refractivity contribution is 0.197. The fraction of sp³-hybridized carbons (Fsp3) is 0.650. The number of nitrogens with one attached hydrogen (secondary N) is 2. The number of piperidine rings is 1. The minimum atomic E-state index is -0.207. The number of rotatable bonds is 5. The minimum Gasteiger partial charge on any atom is -0.354 e. The van der Waals surface area contributed by atoms with E-state index < -0.39 is 0 Å². The summed E-state index contributed by atoms with van der Waals surface area (Å²) in [5.74, 6) is 0.780. The van der Waals surface area contributed by atoms with Gasteiger partial charge in [0.25, 0.3) is 0 Å². The van der Waals surface area contributed by atoms with Crippen LogP contribution in [0.4, 0.5) is 4.39 Å². The first-order chi connectivity index (χ1) is 12.7. The van der Waals surface area contributed by atoms with E-state index in [1.165, 1.54) is 32.0 Å². The van der Waals surface area contributed by atoms with Crippen LogP contribution in [-0.2, 0) is 0 Å². The SMILES string of the molecule is CCN=C(NC1CCN(C2CC2)CC1)NC1CC1c1c(F)cccc1Cl. The highest BCUT2D eigenvalue weighted by Crippen LogP contribution is 2.44. The summed E-state index contributed by atoms with van der Waals surface area (Å²) in [4.78, 5) is 7.22. The van der Waals surface area contributed by atoms with Gasteiger partial charge in [0.1, 0.15) is 5.82 Å². The minimum absolute atomic E-state index is 0.129. The van der Waals surface area contributed by atoms with E-state index in [1.807, 2.05) is 6.92 Å². The van der Waals surface area contributed by atoms with Crippen LogP contribution in [0, 0.1) is 5.82 Å². The van der Waals surface area contributed by atoms with Crippen LogP contribution >= 0.6 is 11.6 Å². The fourth-order valence-electron chi connectivity index (χ4n) is 4.05. The maximum absolute atomic E-state index is 14.1. The quantitative estimate of drug-likeness (QED) is 0.608. The van der Waals surface area contributed by atoms with Gasteiger partial charge in [0.2, 0.25) is 0 Å². The molecule has 4 rings (SSSR count). The molecule has 26 heavy (non-hydrogen) atoms. The van der Waals surface area contributed by atoms with E-state index >= 15 is 0 Å². The molecule has 2 atom stereocenters. The number of halogens is 2. The van der Waals surface area contributed by atoms with E-state index in [9.17, 15) is 4.39 Å². The van der Waals surface area contributed by atoms with Crippen molar-refractivity contribution in [1.29, 1.82) is 0 Å². The zero-order chi connectivity index (χ0) is 18.1. The molecule has 1 saturated heterocycles. The molecule has 0 spiro atoms. The van der Waals surface area contributed by atoms with Crippen molar-refractivity contribution in [2.45, 2.75) is 63.1 Å². The van der Waals surface area contributed by atoms with Gasteiger partial charge in [-0.3, -0.25) is 4.99 Å². The molecule has 0 bridgehead atoms. The Morgan fingerprint density at radius 1 is 1.23 bits per heavy atom. The first-order valence-corrected chi connectivity index (χ1v) is 10.3. The predicted molar refractivity (Wildman–Crippen MR) is 104 cm³/mol. The summed E-state index contributed by atoms with van der Waals surface area (Å²) in [7, 11) is 0. The highest BCUT2D eigenvalue weighted by atomic mass is 35.5. The molecule has 6 heteroatoms. The maximum Gasteiger partial charge on any atom is 0.191 e. The van der Waals surface area contributed by atoms with E-state index in [0.29, 0.717) is 16.6 Å². The third-order valence-electron chi connectivity index (χ3n) is 5.73. The molecule has 142 valence electrons. The summed E-state index contributed by atoms with van der Waals surface area (Å²) in [6.45, 7) is 5.13. The van der Waals surface area contributed by atoms with Crippen molar-refractivity contribution in [2.75, 3.05) is 19.6 Å².